The SMILES string of the molecule is C=C[C@H](C(=O)c1ccccc1)[C@@H](C(=C)C(=O)OC)c1ccccc1Cl. The lowest BCUT2D eigenvalue weighted by Gasteiger charge is -2.26. The summed E-state index contributed by atoms with van der Waals surface area (Å²) in [6.45, 7) is 7.65. The monoisotopic (exact) mass is 354 g/mol. The first-order chi connectivity index (χ1) is 12.0. The Bertz CT molecular complexity index is 796. The predicted molar refractivity (Wildman–Crippen MR) is 99.8 cm³/mol. The number of hydrogen-bond acceptors (Lipinski definition) is 3. The molecule has 3 nitrogen and oxygen atoms in total. The normalized spacial score (nSPS) is 12.7. The van der Waals surface area contributed by atoms with E-state index in [9.17, 15) is 9.59 Å². The van der Waals surface area contributed by atoms with Gasteiger partial charge >= 0.3 is 5.97 Å². The van der Waals surface area contributed by atoms with Crippen LogP contribution < -0.4 is 0 Å². The zero-order valence-corrected chi connectivity index (χ0v) is 14.7. The Hall–Kier alpha value is -2.65. The molecule has 2 aromatic carbocycles. The van der Waals surface area contributed by atoms with Gasteiger partial charge in [-0.05, 0) is 11.6 Å². The van der Waals surface area contributed by atoms with Crippen LogP contribution in [0.5, 0.6) is 0 Å². The van der Waals surface area contributed by atoms with Gasteiger partial charge in [0, 0.05) is 22.1 Å². The summed E-state index contributed by atoms with van der Waals surface area (Å²) in [4.78, 5) is 25.1. The molecule has 0 aliphatic heterocycles. The van der Waals surface area contributed by atoms with Gasteiger partial charge in [0.25, 0.3) is 0 Å². The molecule has 25 heavy (non-hydrogen) atoms. The van der Waals surface area contributed by atoms with Crippen molar-refractivity contribution in [1.82, 2.24) is 0 Å². The minimum Gasteiger partial charge on any atom is -0.466 e. The van der Waals surface area contributed by atoms with Crippen molar-refractivity contribution in [3.8, 4) is 0 Å². The number of carbonyl (C=O) groups excluding carboxylic acids is 2. The lowest BCUT2D eigenvalue weighted by Crippen LogP contribution is -2.25. The van der Waals surface area contributed by atoms with Gasteiger partial charge in [-0.1, -0.05) is 72.8 Å². The van der Waals surface area contributed by atoms with Gasteiger partial charge < -0.3 is 4.74 Å². The van der Waals surface area contributed by atoms with Crippen molar-refractivity contribution in [2.45, 2.75) is 5.92 Å². The molecule has 0 aromatic heterocycles. The molecule has 4 heteroatoms. The Balaban J connectivity index is 2.55. The number of allylic oxidation sites excluding steroid dienone is 1. The Morgan fingerprint density at radius 2 is 1.68 bits per heavy atom. The molecule has 0 saturated heterocycles. The fraction of sp³-hybridized carbons (Fsp3) is 0.143. The summed E-state index contributed by atoms with van der Waals surface area (Å²) in [6.07, 6.45) is 1.53. The fourth-order valence-corrected chi connectivity index (χ4v) is 3.03. The van der Waals surface area contributed by atoms with E-state index in [-0.39, 0.29) is 11.4 Å². The van der Waals surface area contributed by atoms with Crippen molar-refractivity contribution in [2.75, 3.05) is 7.11 Å². The highest BCUT2D eigenvalue weighted by molar-refractivity contribution is 6.31. The van der Waals surface area contributed by atoms with Gasteiger partial charge in [0.2, 0.25) is 0 Å². The molecule has 0 unspecified atom stereocenters. The lowest BCUT2D eigenvalue weighted by molar-refractivity contribution is -0.136. The average Bonchev–Trinajstić information content (AvgIpc) is 2.66. The van der Waals surface area contributed by atoms with Crippen molar-refractivity contribution in [3.05, 3.63) is 95.6 Å². The van der Waals surface area contributed by atoms with Crippen molar-refractivity contribution in [3.63, 3.8) is 0 Å². The van der Waals surface area contributed by atoms with Crippen LogP contribution in [0.2, 0.25) is 5.02 Å². The van der Waals surface area contributed by atoms with E-state index in [1.54, 1.807) is 48.5 Å². The van der Waals surface area contributed by atoms with Crippen LogP contribution in [-0.2, 0) is 9.53 Å². The standard InChI is InChI=1S/C21H19ClO3/c1-4-16(20(23)15-10-6-5-7-11-15)19(14(2)21(24)25-3)17-12-8-9-13-18(17)22/h4-13,16,19H,1-2H2,3H3/t16-,19+/m0/s1. The number of esters is 1. The van der Waals surface area contributed by atoms with E-state index < -0.39 is 17.8 Å². The molecular formula is C21H19ClO3. The van der Waals surface area contributed by atoms with Crippen LogP contribution in [0.15, 0.2) is 79.4 Å². The zero-order chi connectivity index (χ0) is 18.4. The number of ketones is 1. The summed E-state index contributed by atoms with van der Waals surface area (Å²) in [6, 6.07) is 15.9. The number of Topliss-reactive ketones (excluding diaryl/α,β-unsaturated/α-hetero) is 1. The minimum atomic E-state index is -0.700. The fourth-order valence-electron chi connectivity index (χ4n) is 2.77. The van der Waals surface area contributed by atoms with Crippen LogP contribution >= 0.6 is 11.6 Å². The van der Waals surface area contributed by atoms with Gasteiger partial charge in [-0.3, -0.25) is 4.79 Å². The van der Waals surface area contributed by atoms with E-state index in [2.05, 4.69) is 13.2 Å². The summed E-state index contributed by atoms with van der Waals surface area (Å²) >= 11 is 6.32. The second-order valence-electron chi connectivity index (χ2n) is 5.51. The van der Waals surface area contributed by atoms with E-state index in [0.717, 1.165) is 0 Å². The Labute approximate surface area is 152 Å². The Morgan fingerprint density at radius 3 is 2.24 bits per heavy atom. The van der Waals surface area contributed by atoms with Gasteiger partial charge in [-0.2, -0.15) is 0 Å². The van der Waals surface area contributed by atoms with Crippen LogP contribution in [0.3, 0.4) is 0 Å². The van der Waals surface area contributed by atoms with Crippen molar-refractivity contribution >= 4 is 23.4 Å². The van der Waals surface area contributed by atoms with Crippen LogP contribution in [0.25, 0.3) is 0 Å². The molecule has 0 amide bonds. The molecule has 0 fully saturated rings. The van der Waals surface area contributed by atoms with E-state index in [4.69, 9.17) is 16.3 Å². The minimum absolute atomic E-state index is 0.157. The summed E-state index contributed by atoms with van der Waals surface area (Å²) in [5, 5.41) is 0.449. The third kappa shape index (κ3) is 4.06. The molecule has 0 spiro atoms. The predicted octanol–water partition coefficient (Wildman–Crippen LogP) is 4.84. The van der Waals surface area contributed by atoms with E-state index in [1.165, 1.54) is 13.2 Å². The summed E-state index contributed by atoms with van der Waals surface area (Å²) < 4.78 is 4.81. The average molecular weight is 355 g/mol. The van der Waals surface area contributed by atoms with E-state index in [0.29, 0.717) is 16.1 Å². The Kier molecular flexibility index (Phi) is 6.31. The first-order valence-corrected chi connectivity index (χ1v) is 8.12. The van der Waals surface area contributed by atoms with Crippen molar-refractivity contribution in [1.29, 1.82) is 0 Å². The molecular weight excluding hydrogens is 336 g/mol. The first-order valence-electron chi connectivity index (χ1n) is 7.74. The van der Waals surface area contributed by atoms with Gasteiger partial charge in [0.15, 0.2) is 5.78 Å². The molecule has 0 N–H and O–H groups in total. The molecule has 0 radical (unpaired) electrons. The maximum atomic E-state index is 13.0. The van der Waals surface area contributed by atoms with Crippen molar-refractivity contribution in [2.24, 2.45) is 5.92 Å². The summed E-state index contributed by atoms with van der Waals surface area (Å²) in [5.41, 5.74) is 1.32. The van der Waals surface area contributed by atoms with Crippen LogP contribution in [0, 0.1) is 5.92 Å². The topological polar surface area (TPSA) is 43.4 Å². The lowest BCUT2D eigenvalue weighted by atomic mass is 9.77. The summed E-state index contributed by atoms with van der Waals surface area (Å²) in [7, 11) is 1.28. The van der Waals surface area contributed by atoms with Crippen molar-refractivity contribution < 1.29 is 14.3 Å². The molecule has 2 aromatic rings. The molecule has 0 bridgehead atoms. The number of rotatable bonds is 7. The van der Waals surface area contributed by atoms with E-state index in [1.807, 2.05) is 6.07 Å². The van der Waals surface area contributed by atoms with Gasteiger partial charge in [-0.25, -0.2) is 4.79 Å². The van der Waals surface area contributed by atoms with Gasteiger partial charge in [0.05, 0.1) is 13.0 Å². The van der Waals surface area contributed by atoms with Gasteiger partial charge in [-0.15, -0.1) is 6.58 Å². The van der Waals surface area contributed by atoms with E-state index >= 15 is 0 Å². The second kappa shape index (κ2) is 8.45. The molecule has 0 heterocycles. The maximum Gasteiger partial charge on any atom is 0.333 e. The third-order valence-corrected chi connectivity index (χ3v) is 4.38. The molecule has 2 rings (SSSR count). The molecule has 2 atom stereocenters. The number of methoxy groups -OCH3 is 1. The number of benzene rings is 2. The van der Waals surface area contributed by atoms with Crippen LogP contribution in [0.1, 0.15) is 21.8 Å². The third-order valence-electron chi connectivity index (χ3n) is 4.04. The van der Waals surface area contributed by atoms with Crippen LogP contribution in [0.4, 0.5) is 0 Å². The summed E-state index contributed by atoms with van der Waals surface area (Å²) in [5.74, 6) is -2.11. The number of carbonyl (C=O) groups is 2. The quantitative estimate of drug-likeness (QED) is 0.309. The Morgan fingerprint density at radius 1 is 1.08 bits per heavy atom. The highest BCUT2D eigenvalue weighted by atomic mass is 35.5. The number of halogens is 1. The van der Waals surface area contributed by atoms with Gasteiger partial charge in [0.1, 0.15) is 0 Å². The highest BCUT2D eigenvalue weighted by Crippen LogP contribution is 2.38. The largest absolute Gasteiger partial charge is 0.466 e. The highest BCUT2D eigenvalue weighted by Gasteiger charge is 2.34. The smallest absolute Gasteiger partial charge is 0.333 e. The molecule has 0 saturated carbocycles. The first kappa shape index (κ1) is 18.7. The van der Waals surface area contributed by atoms with Crippen LogP contribution in [-0.4, -0.2) is 18.9 Å². The maximum absolute atomic E-state index is 13.0. The number of ether oxygens (including phenoxy) is 1. The zero-order valence-electron chi connectivity index (χ0n) is 13.9. The second-order valence-corrected chi connectivity index (χ2v) is 5.91. The molecule has 128 valence electrons. The number of hydrogen-bond donors (Lipinski definition) is 0. The molecule has 0 aliphatic rings. The molecule has 0 aliphatic carbocycles.